The van der Waals surface area contributed by atoms with Gasteiger partial charge in [0.25, 0.3) is 0 Å². The number of unbranched alkanes of at least 4 members (excludes halogenated alkanes) is 24. The van der Waals surface area contributed by atoms with Crippen LogP contribution in [0.1, 0.15) is 201 Å². The maximum absolute atomic E-state index is 2.70. The lowest BCUT2D eigenvalue weighted by Gasteiger charge is -2.33. The molecular formula is C36H72N2. The van der Waals surface area contributed by atoms with E-state index in [9.17, 15) is 0 Å². The van der Waals surface area contributed by atoms with Crippen molar-refractivity contribution in [2.24, 2.45) is 0 Å². The SMILES string of the molecule is CCCCCCCCCCCCCN1C=CN(CCCCCCCCCCCCC)C1CCCCCCC. The molecule has 0 aromatic carbocycles. The van der Waals surface area contributed by atoms with Crippen LogP contribution in [0.5, 0.6) is 0 Å². The molecule has 0 fully saturated rings. The molecule has 2 heteroatoms. The fourth-order valence-corrected chi connectivity index (χ4v) is 6.19. The van der Waals surface area contributed by atoms with Crippen molar-refractivity contribution in [1.29, 1.82) is 0 Å². The lowest BCUT2D eigenvalue weighted by molar-refractivity contribution is 0.135. The Kier molecular flexibility index (Phi) is 26.0. The number of hydrogen-bond donors (Lipinski definition) is 0. The summed E-state index contributed by atoms with van der Waals surface area (Å²) in [5.74, 6) is 0. The number of hydrogen-bond acceptors (Lipinski definition) is 2. The smallest absolute Gasteiger partial charge is 0.101 e. The predicted octanol–water partition coefficient (Wildman–Crippen LogP) is 12.4. The first kappa shape index (κ1) is 35.4. The van der Waals surface area contributed by atoms with Crippen LogP contribution in [0.25, 0.3) is 0 Å². The molecule has 226 valence electrons. The molecule has 0 aromatic rings. The molecule has 0 bridgehead atoms. The first-order valence-corrected chi connectivity index (χ1v) is 18.0. The summed E-state index contributed by atoms with van der Waals surface area (Å²) in [5, 5.41) is 0. The van der Waals surface area contributed by atoms with Crippen molar-refractivity contribution in [3.63, 3.8) is 0 Å². The van der Waals surface area contributed by atoms with Crippen LogP contribution in [0.3, 0.4) is 0 Å². The highest BCUT2D eigenvalue weighted by Crippen LogP contribution is 2.24. The monoisotopic (exact) mass is 533 g/mol. The van der Waals surface area contributed by atoms with E-state index in [1.54, 1.807) is 0 Å². The molecule has 2 nitrogen and oxygen atoms in total. The molecule has 1 aliphatic rings. The first-order valence-electron chi connectivity index (χ1n) is 18.0. The second kappa shape index (κ2) is 27.9. The first-order chi connectivity index (χ1) is 18.8. The molecule has 0 N–H and O–H groups in total. The van der Waals surface area contributed by atoms with E-state index in [0.717, 1.165) is 0 Å². The second-order valence-corrected chi connectivity index (χ2v) is 12.5. The van der Waals surface area contributed by atoms with Gasteiger partial charge in [-0.05, 0) is 25.7 Å². The van der Waals surface area contributed by atoms with Crippen LogP contribution in [0.2, 0.25) is 0 Å². The quantitative estimate of drug-likeness (QED) is 0.0848. The Labute approximate surface area is 241 Å². The molecular weight excluding hydrogens is 460 g/mol. The normalized spacial score (nSPS) is 13.9. The van der Waals surface area contributed by atoms with E-state index in [4.69, 9.17) is 0 Å². The summed E-state index contributed by atoms with van der Waals surface area (Å²) < 4.78 is 0. The van der Waals surface area contributed by atoms with Crippen molar-refractivity contribution in [3.8, 4) is 0 Å². The highest BCUT2D eigenvalue weighted by molar-refractivity contribution is 4.97. The Morgan fingerprint density at radius 3 is 0.921 bits per heavy atom. The summed E-state index contributed by atoms with van der Waals surface area (Å²) in [6.07, 6.45) is 45.5. The van der Waals surface area contributed by atoms with Gasteiger partial charge < -0.3 is 9.80 Å². The second-order valence-electron chi connectivity index (χ2n) is 12.5. The van der Waals surface area contributed by atoms with Crippen LogP contribution >= 0.6 is 0 Å². The summed E-state index contributed by atoms with van der Waals surface area (Å²) in [4.78, 5) is 5.40. The molecule has 0 atom stereocenters. The molecule has 1 rings (SSSR count). The van der Waals surface area contributed by atoms with Crippen LogP contribution in [0, 0.1) is 0 Å². The minimum absolute atomic E-state index is 0.642. The van der Waals surface area contributed by atoms with Gasteiger partial charge in [-0.2, -0.15) is 0 Å². The van der Waals surface area contributed by atoms with E-state index in [1.807, 2.05) is 0 Å². The maximum atomic E-state index is 2.70. The van der Waals surface area contributed by atoms with Gasteiger partial charge in [-0.25, -0.2) is 0 Å². The minimum atomic E-state index is 0.642. The van der Waals surface area contributed by atoms with Crippen molar-refractivity contribution < 1.29 is 0 Å². The molecule has 0 saturated carbocycles. The highest BCUT2D eigenvalue weighted by Gasteiger charge is 2.24. The van der Waals surface area contributed by atoms with Gasteiger partial charge in [0.2, 0.25) is 0 Å². The van der Waals surface area contributed by atoms with Crippen molar-refractivity contribution in [2.75, 3.05) is 13.1 Å². The fraction of sp³-hybridized carbons (Fsp3) is 0.944. The fourth-order valence-electron chi connectivity index (χ4n) is 6.19. The zero-order valence-electron chi connectivity index (χ0n) is 26.8. The van der Waals surface area contributed by atoms with Crippen molar-refractivity contribution >= 4 is 0 Å². The average molecular weight is 533 g/mol. The molecule has 0 unspecified atom stereocenters. The molecule has 0 spiro atoms. The zero-order valence-corrected chi connectivity index (χ0v) is 26.8. The van der Waals surface area contributed by atoms with E-state index in [-0.39, 0.29) is 0 Å². The molecule has 0 aromatic heterocycles. The Bertz CT molecular complexity index is 452. The zero-order chi connectivity index (χ0) is 27.4. The van der Waals surface area contributed by atoms with Gasteiger partial charge in [0.1, 0.15) is 6.17 Å². The molecule has 38 heavy (non-hydrogen) atoms. The van der Waals surface area contributed by atoms with E-state index in [1.165, 1.54) is 193 Å². The summed E-state index contributed by atoms with van der Waals surface area (Å²) in [6, 6.07) is 0. The Hall–Kier alpha value is -0.660. The molecule has 0 radical (unpaired) electrons. The van der Waals surface area contributed by atoms with Gasteiger partial charge in [0, 0.05) is 25.5 Å². The van der Waals surface area contributed by atoms with Gasteiger partial charge in [-0.15, -0.1) is 0 Å². The molecule has 0 aliphatic carbocycles. The van der Waals surface area contributed by atoms with E-state index in [2.05, 4.69) is 43.0 Å². The number of rotatable bonds is 30. The maximum Gasteiger partial charge on any atom is 0.101 e. The van der Waals surface area contributed by atoms with Gasteiger partial charge in [0.05, 0.1) is 0 Å². The molecule has 0 saturated heterocycles. The Balaban J connectivity index is 2.17. The molecule has 1 aliphatic heterocycles. The Morgan fingerprint density at radius 2 is 0.605 bits per heavy atom. The van der Waals surface area contributed by atoms with Crippen molar-refractivity contribution in [1.82, 2.24) is 9.80 Å². The number of nitrogens with zero attached hydrogens (tertiary/aromatic N) is 2. The summed E-state index contributed by atoms with van der Waals surface area (Å²) in [5.41, 5.74) is 0. The van der Waals surface area contributed by atoms with Gasteiger partial charge in [0.15, 0.2) is 0 Å². The summed E-state index contributed by atoms with van der Waals surface area (Å²) >= 11 is 0. The predicted molar refractivity (Wildman–Crippen MR) is 173 cm³/mol. The van der Waals surface area contributed by atoms with Gasteiger partial charge in [-0.1, -0.05) is 175 Å². The van der Waals surface area contributed by atoms with Crippen LogP contribution in [0.15, 0.2) is 12.4 Å². The van der Waals surface area contributed by atoms with E-state index < -0.39 is 0 Å². The summed E-state index contributed by atoms with van der Waals surface area (Å²) in [7, 11) is 0. The molecule has 1 heterocycles. The minimum Gasteiger partial charge on any atom is -0.356 e. The lowest BCUT2D eigenvalue weighted by atomic mass is 10.1. The Morgan fingerprint density at radius 1 is 0.342 bits per heavy atom. The molecule has 0 amide bonds. The van der Waals surface area contributed by atoms with Crippen molar-refractivity contribution in [3.05, 3.63) is 12.4 Å². The third kappa shape index (κ3) is 20.3. The van der Waals surface area contributed by atoms with E-state index >= 15 is 0 Å². The third-order valence-electron chi connectivity index (χ3n) is 8.82. The average Bonchev–Trinajstić information content (AvgIpc) is 3.31. The topological polar surface area (TPSA) is 6.48 Å². The van der Waals surface area contributed by atoms with Crippen molar-refractivity contribution in [2.45, 2.75) is 207 Å². The van der Waals surface area contributed by atoms with E-state index in [0.29, 0.717) is 6.17 Å². The highest BCUT2D eigenvalue weighted by atomic mass is 15.4. The van der Waals surface area contributed by atoms with Gasteiger partial charge in [-0.3, -0.25) is 0 Å². The van der Waals surface area contributed by atoms with Crippen LogP contribution in [0.4, 0.5) is 0 Å². The van der Waals surface area contributed by atoms with Crippen LogP contribution < -0.4 is 0 Å². The largest absolute Gasteiger partial charge is 0.356 e. The standard InChI is InChI=1S/C36H72N2/c1-4-7-10-13-15-17-19-21-23-26-29-32-37-34-35-38(36(37)31-28-25-12-9-6-3)33-30-27-24-22-20-18-16-14-11-8-5-2/h34-36H,4-33H2,1-3H3. The van der Waals surface area contributed by atoms with Crippen LogP contribution in [-0.2, 0) is 0 Å². The summed E-state index contributed by atoms with van der Waals surface area (Å²) in [6.45, 7) is 9.48. The van der Waals surface area contributed by atoms with Crippen LogP contribution in [-0.4, -0.2) is 29.1 Å². The lowest BCUT2D eigenvalue weighted by Crippen LogP contribution is -2.39. The third-order valence-corrected chi connectivity index (χ3v) is 8.82. The van der Waals surface area contributed by atoms with Gasteiger partial charge >= 0.3 is 0 Å².